The van der Waals surface area contributed by atoms with Crippen LogP contribution in [0.15, 0.2) is 48.8 Å². The molecule has 6 nitrogen and oxygen atoms in total. The third-order valence-electron chi connectivity index (χ3n) is 4.09. The fourth-order valence-electron chi connectivity index (χ4n) is 2.92. The minimum Gasteiger partial charge on any atom is -0.508 e. The van der Waals surface area contributed by atoms with Gasteiger partial charge in [-0.05, 0) is 30.3 Å². The largest absolute Gasteiger partial charge is 0.508 e. The number of aromatic nitrogens is 3. The van der Waals surface area contributed by atoms with Crippen LogP contribution in [0.25, 0.3) is 5.65 Å². The molecule has 0 aliphatic carbocycles. The molecule has 1 aliphatic heterocycles. The van der Waals surface area contributed by atoms with E-state index in [1.54, 1.807) is 18.3 Å². The summed E-state index contributed by atoms with van der Waals surface area (Å²) in [6.45, 7) is 3.74. The monoisotopic (exact) mass is 295 g/mol. The average molecular weight is 295 g/mol. The van der Waals surface area contributed by atoms with Gasteiger partial charge in [0.05, 0.1) is 6.20 Å². The van der Waals surface area contributed by atoms with Crippen LogP contribution in [0.3, 0.4) is 0 Å². The van der Waals surface area contributed by atoms with E-state index in [2.05, 4.69) is 19.9 Å². The van der Waals surface area contributed by atoms with Crippen LogP contribution < -0.4 is 9.80 Å². The Labute approximate surface area is 128 Å². The lowest BCUT2D eigenvalue weighted by Gasteiger charge is -2.37. The molecule has 0 saturated carbocycles. The van der Waals surface area contributed by atoms with Crippen LogP contribution in [-0.4, -0.2) is 45.9 Å². The summed E-state index contributed by atoms with van der Waals surface area (Å²) in [5, 5.41) is 13.7. The van der Waals surface area contributed by atoms with Crippen LogP contribution in [0, 0.1) is 0 Å². The Morgan fingerprint density at radius 3 is 2.32 bits per heavy atom. The van der Waals surface area contributed by atoms with Crippen LogP contribution in [0.2, 0.25) is 0 Å². The van der Waals surface area contributed by atoms with Crippen LogP contribution >= 0.6 is 0 Å². The van der Waals surface area contributed by atoms with Crippen LogP contribution in [0.5, 0.6) is 5.75 Å². The fraction of sp³-hybridized carbons (Fsp3) is 0.250. The molecule has 1 aromatic carbocycles. The molecule has 6 heteroatoms. The van der Waals surface area contributed by atoms with Gasteiger partial charge < -0.3 is 14.9 Å². The molecule has 1 aliphatic rings. The second-order valence-electron chi connectivity index (χ2n) is 5.39. The van der Waals surface area contributed by atoms with Gasteiger partial charge in [0, 0.05) is 44.1 Å². The Kier molecular flexibility index (Phi) is 3.07. The topological polar surface area (TPSA) is 56.9 Å². The lowest BCUT2D eigenvalue weighted by atomic mass is 10.2. The van der Waals surface area contributed by atoms with Gasteiger partial charge in [-0.1, -0.05) is 0 Å². The van der Waals surface area contributed by atoms with Crippen molar-refractivity contribution in [3.05, 3.63) is 48.8 Å². The van der Waals surface area contributed by atoms with Crippen molar-refractivity contribution in [2.45, 2.75) is 0 Å². The van der Waals surface area contributed by atoms with Gasteiger partial charge in [-0.15, -0.1) is 0 Å². The molecule has 1 saturated heterocycles. The summed E-state index contributed by atoms with van der Waals surface area (Å²) >= 11 is 0. The summed E-state index contributed by atoms with van der Waals surface area (Å²) < 4.78 is 1.89. The lowest BCUT2D eigenvalue weighted by Crippen LogP contribution is -2.47. The third-order valence-corrected chi connectivity index (χ3v) is 4.09. The first-order chi connectivity index (χ1) is 10.8. The first-order valence-electron chi connectivity index (χ1n) is 7.39. The van der Waals surface area contributed by atoms with Gasteiger partial charge in [-0.25, -0.2) is 4.98 Å². The third kappa shape index (κ3) is 2.22. The van der Waals surface area contributed by atoms with Crippen molar-refractivity contribution >= 4 is 17.2 Å². The number of benzene rings is 1. The molecule has 4 rings (SSSR count). The molecule has 1 fully saturated rings. The zero-order chi connectivity index (χ0) is 14.9. The van der Waals surface area contributed by atoms with Crippen molar-refractivity contribution in [2.24, 2.45) is 0 Å². The van der Waals surface area contributed by atoms with E-state index in [1.807, 2.05) is 35.0 Å². The highest BCUT2D eigenvalue weighted by molar-refractivity contribution is 5.53. The van der Waals surface area contributed by atoms with Crippen molar-refractivity contribution in [3.63, 3.8) is 0 Å². The van der Waals surface area contributed by atoms with E-state index in [0.29, 0.717) is 5.75 Å². The minimum absolute atomic E-state index is 0.306. The number of fused-ring (bicyclic) bond motifs is 1. The summed E-state index contributed by atoms with van der Waals surface area (Å²) in [4.78, 5) is 8.97. The average Bonchev–Trinajstić information content (AvgIpc) is 3.04. The smallest absolute Gasteiger partial charge is 0.157 e. The first kappa shape index (κ1) is 12.9. The summed E-state index contributed by atoms with van der Waals surface area (Å²) in [7, 11) is 0. The quantitative estimate of drug-likeness (QED) is 0.781. The molecule has 0 radical (unpaired) electrons. The molecular formula is C16H17N5O. The number of nitrogens with zero attached hydrogens (tertiary/aromatic N) is 5. The number of anilines is 2. The van der Waals surface area contributed by atoms with Crippen LogP contribution in [-0.2, 0) is 0 Å². The summed E-state index contributed by atoms with van der Waals surface area (Å²) in [6, 6.07) is 11.3. The maximum Gasteiger partial charge on any atom is 0.157 e. The number of phenols is 1. The Morgan fingerprint density at radius 1 is 0.818 bits per heavy atom. The molecule has 1 N–H and O–H groups in total. The maximum absolute atomic E-state index is 9.38. The molecule has 0 spiro atoms. The zero-order valence-corrected chi connectivity index (χ0v) is 12.1. The molecule has 2 aromatic heterocycles. The van der Waals surface area contributed by atoms with Gasteiger partial charge in [0.25, 0.3) is 0 Å². The summed E-state index contributed by atoms with van der Waals surface area (Å²) in [5.41, 5.74) is 2.02. The van der Waals surface area contributed by atoms with Gasteiger partial charge >= 0.3 is 0 Å². The van der Waals surface area contributed by atoms with E-state index in [9.17, 15) is 5.11 Å². The highest BCUT2D eigenvalue weighted by Gasteiger charge is 2.19. The van der Waals surface area contributed by atoms with Crippen molar-refractivity contribution < 1.29 is 5.11 Å². The van der Waals surface area contributed by atoms with Gasteiger partial charge in [0.2, 0.25) is 0 Å². The summed E-state index contributed by atoms with van der Waals surface area (Å²) in [5.74, 6) is 1.39. The molecule has 0 unspecified atom stereocenters. The molecule has 22 heavy (non-hydrogen) atoms. The van der Waals surface area contributed by atoms with Crippen molar-refractivity contribution in [2.75, 3.05) is 36.0 Å². The predicted octanol–water partition coefficient (Wildman–Crippen LogP) is 1.76. The number of phenolic OH excluding ortho intramolecular Hbond substituents is 1. The van der Waals surface area contributed by atoms with Gasteiger partial charge in [0.15, 0.2) is 5.65 Å². The van der Waals surface area contributed by atoms with Gasteiger partial charge in [-0.2, -0.15) is 9.61 Å². The number of piperazine rings is 1. The molecule has 3 aromatic rings. The lowest BCUT2D eigenvalue weighted by molar-refractivity contribution is 0.475. The predicted molar refractivity (Wildman–Crippen MR) is 85.5 cm³/mol. The Morgan fingerprint density at radius 2 is 1.55 bits per heavy atom. The molecule has 0 amide bonds. The number of aromatic hydroxyl groups is 1. The molecule has 112 valence electrons. The van der Waals surface area contributed by atoms with E-state index in [0.717, 1.165) is 43.3 Å². The van der Waals surface area contributed by atoms with E-state index in [4.69, 9.17) is 0 Å². The first-order valence-corrected chi connectivity index (χ1v) is 7.39. The normalized spacial score (nSPS) is 15.5. The van der Waals surface area contributed by atoms with Crippen molar-refractivity contribution in [1.82, 2.24) is 14.6 Å². The number of rotatable bonds is 2. The Hall–Kier alpha value is -2.76. The van der Waals surface area contributed by atoms with E-state index in [1.165, 1.54) is 0 Å². The Bertz CT molecular complexity index is 775. The molecule has 3 heterocycles. The molecule has 0 bridgehead atoms. The fourth-order valence-corrected chi connectivity index (χ4v) is 2.92. The van der Waals surface area contributed by atoms with Crippen molar-refractivity contribution in [1.29, 1.82) is 0 Å². The Balaban J connectivity index is 1.52. The zero-order valence-electron chi connectivity index (χ0n) is 12.1. The number of hydrogen-bond donors (Lipinski definition) is 1. The molecule has 0 atom stereocenters. The minimum atomic E-state index is 0.306. The van der Waals surface area contributed by atoms with E-state index >= 15 is 0 Å². The summed E-state index contributed by atoms with van der Waals surface area (Å²) in [6.07, 6.45) is 3.61. The number of hydrogen-bond acceptors (Lipinski definition) is 5. The standard InChI is InChI=1S/C16H17N5O/c22-14-3-1-13(2-4-14)19-9-11-20(12-10-19)16-6-7-17-15-5-8-18-21(15)16/h1-8,22H,9-12H2. The van der Waals surface area contributed by atoms with Crippen molar-refractivity contribution in [3.8, 4) is 5.75 Å². The maximum atomic E-state index is 9.38. The van der Waals surface area contributed by atoms with Crippen LogP contribution in [0.1, 0.15) is 0 Å². The van der Waals surface area contributed by atoms with Gasteiger partial charge in [-0.3, -0.25) is 0 Å². The van der Waals surface area contributed by atoms with Crippen LogP contribution in [0.4, 0.5) is 11.5 Å². The second kappa shape index (κ2) is 5.22. The van der Waals surface area contributed by atoms with E-state index < -0.39 is 0 Å². The second-order valence-corrected chi connectivity index (χ2v) is 5.39. The highest BCUT2D eigenvalue weighted by atomic mass is 16.3. The molecular weight excluding hydrogens is 278 g/mol. The van der Waals surface area contributed by atoms with Gasteiger partial charge in [0.1, 0.15) is 11.6 Å². The SMILES string of the molecule is Oc1ccc(N2CCN(c3ccnc4ccnn34)CC2)cc1. The van der Waals surface area contributed by atoms with E-state index in [-0.39, 0.29) is 0 Å². The highest BCUT2D eigenvalue weighted by Crippen LogP contribution is 2.22.